The van der Waals surface area contributed by atoms with Gasteiger partial charge in [-0.2, -0.15) is 5.10 Å². The molecule has 8 heteroatoms. The summed E-state index contributed by atoms with van der Waals surface area (Å²) in [4.78, 5) is 4.05. The number of rotatable bonds is 3. The second-order valence-corrected chi connectivity index (χ2v) is 7.81. The van der Waals surface area contributed by atoms with Crippen molar-refractivity contribution in [2.75, 3.05) is 7.11 Å². The molecule has 2 N–H and O–H groups in total. The average molecular weight is 410 g/mol. The Morgan fingerprint density at radius 2 is 2.07 bits per heavy atom. The van der Waals surface area contributed by atoms with Gasteiger partial charge < -0.3 is 15.2 Å². The van der Waals surface area contributed by atoms with Crippen LogP contribution < -0.4 is 5.32 Å². The van der Waals surface area contributed by atoms with E-state index in [0.29, 0.717) is 17.0 Å². The van der Waals surface area contributed by atoms with Crippen LogP contribution in [0.2, 0.25) is 0 Å². The minimum Gasteiger partial charge on any atom is -0.507 e. The smallest absolute Gasteiger partial charge is 0.265 e. The summed E-state index contributed by atoms with van der Waals surface area (Å²) < 4.78 is 33.7. The van der Waals surface area contributed by atoms with Gasteiger partial charge in [-0.25, -0.2) is 8.78 Å². The second kappa shape index (κ2) is 7.07. The van der Waals surface area contributed by atoms with Gasteiger partial charge in [0.05, 0.1) is 23.5 Å². The number of pyridine rings is 1. The van der Waals surface area contributed by atoms with Crippen molar-refractivity contribution in [1.82, 2.24) is 20.5 Å². The van der Waals surface area contributed by atoms with E-state index in [-0.39, 0.29) is 18.6 Å². The molecule has 2 aliphatic heterocycles. The number of alkyl halides is 2. The Bertz CT molecular complexity index is 1130. The number of piperidine rings is 1. The first-order valence-electron chi connectivity index (χ1n) is 9.72. The third-order valence-electron chi connectivity index (χ3n) is 5.89. The predicted molar refractivity (Wildman–Crippen MR) is 108 cm³/mol. The molecule has 0 spiro atoms. The maximum absolute atomic E-state index is 14.1. The first kappa shape index (κ1) is 19.0. The van der Waals surface area contributed by atoms with Gasteiger partial charge in [0.15, 0.2) is 0 Å². The number of fused-ring (bicyclic) bond motifs is 3. The molecule has 6 nitrogen and oxygen atoms in total. The highest BCUT2D eigenvalue weighted by Gasteiger charge is 2.54. The number of hydrogen-bond donors (Lipinski definition) is 2. The number of halogens is 2. The fourth-order valence-electron chi connectivity index (χ4n) is 4.43. The Morgan fingerprint density at radius 1 is 1.20 bits per heavy atom. The van der Waals surface area contributed by atoms with Gasteiger partial charge >= 0.3 is 0 Å². The second-order valence-electron chi connectivity index (χ2n) is 7.81. The highest BCUT2D eigenvalue weighted by atomic mass is 19.3. The highest BCUT2D eigenvalue weighted by Crippen LogP contribution is 2.42. The van der Waals surface area contributed by atoms with E-state index in [0.717, 1.165) is 16.3 Å². The summed E-state index contributed by atoms with van der Waals surface area (Å²) in [6.45, 7) is 0. The molecule has 2 saturated heterocycles. The number of benzene rings is 1. The van der Waals surface area contributed by atoms with Gasteiger partial charge in [0.2, 0.25) is 0 Å². The van der Waals surface area contributed by atoms with Crippen LogP contribution in [0.4, 0.5) is 8.78 Å². The zero-order chi connectivity index (χ0) is 20.9. The lowest BCUT2D eigenvalue weighted by Crippen LogP contribution is -2.47. The van der Waals surface area contributed by atoms with Crippen molar-refractivity contribution in [1.29, 1.82) is 0 Å². The van der Waals surface area contributed by atoms with Crippen molar-refractivity contribution in [3.8, 4) is 17.0 Å². The molecule has 2 fully saturated rings. The van der Waals surface area contributed by atoms with E-state index >= 15 is 0 Å². The average Bonchev–Trinajstić information content (AvgIpc) is 2.97. The Hall–Kier alpha value is -2.97. The summed E-state index contributed by atoms with van der Waals surface area (Å²) in [5.41, 5.74) is 2.43. The fraction of sp³-hybridized carbons (Fsp3) is 0.318. The molecule has 30 heavy (non-hydrogen) atoms. The number of phenolic OH excluding ortho intramolecular Hbond substituents is 1. The van der Waals surface area contributed by atoms with Crippen molar-refractivity contribution < 1.29 is 18.6 Å². The number of phenols is 1. The summed E-state index contributed by atoms with van der Waals surface area (Å²) in [6.07, 6.45) is 4.70. The van der Waals surface area contributed by atoms with Crippen LogP contribution in [-0.2, 0) is 4.74 Å². The van der Waals surface area contributed by atoms with Crippen molar-refractivity contribution >= 4 is 16.8 Å². The molecule has 2 bridgehead atoms. The van der Waals surface area contributed by atoms with E-state index in [9.17, 15) is 13.9 Å². The maximum atomic E-state index is 14.1. The third-order valence-corrected chi connectivity index (χ3v) is 5.89. The quantitative estimate of drug-likeness (QED) is 0.687. The molecule has 5 rings (SSSR count). The molecule has 4 heterocycles. The van der Waals surface area contributed by atoms with E-state index < -0.39 is 24.1 Å². The third kappa shape index (κ3) is 3.22. The minimum absolute atomic E-state index is 0.0903. The van der Waals surface area contributed by atoms with Crippen molar-refractivity contribution in [2.45, 2.75) is 37.0 Å². The van der Waals surface area contributed by atoms with Crippen LogP contribution in [0.5, 0.6) is 5.75 Å². The van der Waals surface area contributed by atoms with E-state index in [4.69, 9.17) is 4.74 Å². The lowest BCUT2D eigenvalue weighted by Gasteiger charge is -2.31. The molecule has 0 saturated carbocycles. The highest BCUT2D eigenvalue weighted by molar-refractivity contribution is 5.89. The molecule has 2 aromatic heterocycles. The number of methoxy groups -OCH3 is 1. The molecule has 0 aliphatic carbocycles. The number of aromatic nitrogens is 3. The first-order chi connectivity index (χ1) is 14.4. The van der Waals surface area contributed by atoms with Crippen LogP contribution in [0, 0.1) is 0 Å². The van der Waals surface area contributed by atoms with Crippen LogP contribution in [-0.4, -0.2) is 51.5 Å². The van der Waals surface area contributed by atoms with Gasteiger partial charge in [0.25, 0.3) is 5.92 Å². The van der Waals surface area contributed by atoms with Gasteiger partial charge in [-0.05, 0) is 53.8 Å². The molecule has 0 unspecified atom stereocenters. The minimum atomic E-state index is -2.74. The first-order valence-corrected chi connectivity index (χ1v) is 9.72. The maximum Gasteiger partial charge on any atom is 0.265 e. The molecule has 0 amide bonds. The van der Waals surface area contributed by atoms with E-state index in [1.54, 1.807) is 36.7 Å². The Kier molecular flexibility index (Phi) is 4.48. The summed E-state index contributed by atoms with van der Waals surface area (Å²) >= 11 is 0. The number of hydrogen-bond acceptors (Lipinski definition) is 6. The monoisotopic (exact) mass is 410 g/mol. The van der Waals surface area contributed by atoms with Crippen LogP contribution >= 0.6 is 0 Å². The molecule has 2 aliphatic rings. The van der Waals surface area contributed by atoms with Gasteiger partial charge in [0.1, 0.15) is 5.75 Å². The topological polar surface area (TPSA) is 80.2 Å². The Labute approximate surface area is 171 Å². The number of nitrogens with one attached hydrogen (secondary N) is 1. The van der Waals surface area contributed by atoms with Crippen LogP contribution in [0.25, 0.3) is 28.1 Å². The molecule has 0 radical (unpaired) electrons. The number of ether oxygens (including phenoxy) is 1. The lowest BCUT2D eigenvalue weighted by atomic mass is 9.94. The largest absolute Gasteiger partial charge is 0.507 e. The van der Waals surface area contributed by atoms with E-state index in [2.05, 4.69) is 20.5 Å². The van der Waals surface area contributed by atoms with Crippen molar-refractivity contribution in [3.05, 3.63) is 54.0 Å². The Balaban J connectivity index is 1.45. The number of aromatic hydroxyl groups is 1. The molecule has 154 valence electrons. The molecule has 3 atom stereocenters. The van der Waals surface area contributed by atoms with Gasteiger partial charge in [-0.3, -0.25) is 4.98 Å². The van der Waals surface area contributed by atoms with Crippen molar-refractivity contribution in [2.24, 2.45) is 0 Å². The molecular weight excluding hydrogens is 390 g/mol. The summed E-state index contributed by atoms with van der Waals surface area (Å²) in [5, 5.41) is 23.6. The predicted octanol–water partition coefficient (Wildman–Crippen LogP) is 3.57. The zero-order valence-corrected chi connectivity index (χ0v) is 16.2. The van der Waals surface area contributed by atoms with Crippen LogP contribution in [0.3, 0.4) is 0 Å². The van der Waals surface area contributed by atoms with Gasteiger partial charge in [-0.1, -0.05) is 0 Å². The van der Waals surface area contributed by atoms with Crippen molar-refractivity contribution in [3.63, 3.8) is 0 Å². The molecule has 3 aromatic rings. The van der Waals surface area contributed by atoms with E-state index in [1.165, 1.54) is 7.11 Å². The van der Waals surface area contributed by atoms with E-state index in [1.807, 2.05) is 12.1 Å². The summed E-state index contributed by atoms with van der Waals surface area (Å²) in [7, 11) is 1.53. The standard InChI is InChI=1S/C22H20F2N4O2/c1-30-21-13(9-20-22(23,24)10-18(21)26-20)6-15-2-3-17(28-27-15)16-7-12-4-5-25-11-14(12)8-19(16)29/h2-8,11,18,20-21,26,29H,9-10H2,1H3/b13-6-/t18-,20-,21-/m1/s1. The lowest BCUT2D eigenvalue weighted by molar-refractivity contribution is -0.00999. The Morgan fingerprint density at radius 3 is 2.83 bits per heavy atom. The fourth-order valence-corrected chi connectivity index (χ4v) is 4.43. The zero-order valence-electron chi connectivity index (χ0n) is 16.2. The molecule has 1 aromatic carbocycles. The SMILES string of the molecule is CO[C@@H]1/C(=C\c2ccc(-c3cc4ccncc4cc3O)nn2)C[C@H]2N[C@@H]1CC2(F)F. The number of nitrogens with zero attached hydrogens (tertiary/aromatic N) is 3. The van der Waals surface area contributed by atoms with Crippen LogP contribution in [0.15, 0.2) is 48.3 Å². The normalized spacial score (nSPS) is 26.4. The summed E-state index contributed by atoms with van der Waals surface area (Å²) in [6, 6.07) is 7.57. The molecular formula is C22H20F2N4O2. The van der Waals surface area contributed by atoms with Gasteiger partial charge in [0, 0.05) is 42.9 Å². The summed E-state index contributed by atoms with van der Waals surface area (Å²) in [5.74, 6) is -2.65. The van der Waals surface area contributed by atoms with Crippen LogP contribution in [0.1, 0.15) is 18.5 Å². The van der Waals surface area contributed by atoms with Gasteiger partial charge in [-0.15, -0.1) is 5.10 Å².